The average molecular weight is 551 g/mol. The first-order valence-corrected chi connectivity index (χ1v) is 15.9. The second-order valence-corrected chi connectivity index (χ2v) is 14.2. The fourth-order valence-corrected chi connectivity index (χ4v) is 7.55. The van der Waals surface area contributed by atoms with Crippen LogP contribution in [0.25, 0.3) is 33.0 Å². The van der Waals surface area contributed by atoms with Crippen LogP contribution in [0.15, 0.2) is 78.9 Å². The quantitative estimate of drug-likeness (QED) is 0.197. The Labute approximate surface area is 253 Å². The lowest BCUT2D eigenvalue weighted by Gasteiger charge is -2.30. The topological polar surface area (TPSA) is 0 Å². The summed E-state index contributed by atoms with van der Waals surface area (Å²) >= 11 is 0. The Kier molecular flexibility index (Phi) is 7.17. The predicted molar refractivity (Wildman–Crippen MR) is 183 cm³/mol. The van der Waals surface area contributed by atoms with Gasteiger partial charge in [-0.2, -0.15) is 0 Å². The van der Waals surface area contributed by atoms with Gasteiger partial charge in [0.2, 0.25) is 0 Å². The van der Waals surface area contributed by atoms with Gasteiger partial charge in [-0.1, -0.05) is 117 Å². The van der Waals surface area contributed by atoms with Crippen molar-refractivity contribution in [2.75, 3.05) is 0 Å². The molecule has 214 valence electrons. The SMILES string of the molecule is Cc1cc(C)cc(C2(C)c3cc(C)ccc3-c3ccc(-c4cc(CC(C)C)c5cc(C)cc(CC(C)C)c5c4)cc32)c1. The Balaban J connectivity index is 1.61. The van der Waals surface area contributed by atoms with Crippen molar-refractivity contribution in [3.8, 4) is 22.3 Å². The molecule has 0 amide bonds. The molecule has 0 N–H and O–H groups in total. The minimum absolute atomic E-state index is 0.207. The lowest BCUT2D eigenvalue weighted by Crippen LogP contribution is -2.23. The molecule has 0 heterocycles. The Morgan fingerprint density at radius 2 is 1.05 bits per heavy atom. The van der Waals surface area contributed by atoms with Crippen LogP contribution in [0.2, 0.25) is 0 Å². The van der Waals surface area contributed by atoms with Crippen molar-refractivity contribution in [2.24, 2.45) is 11.8 Å². The lowest BCUT2D eigenvalue weighted by molar-refractivity contribution is 0.647. The third kappa shape index (κ3) is 4.90. The molecule has 0 aromatic heterocycles. The summed E-state index contributed by atoms with van der Waals surface area (Å²) < 4.78 is 0. The van der Waals surface area contributed by atoms with Gasteiger partial charge in [-0.15, -0.1) is 0 Å². The molecule has 0 spiro atoms. The number of benzene rings is 5. The first-order valence-electron chi connectivity index (χ1n) is 15.9. The zero-order valence-corrected chi connectivity index (χ0v) is 27.1. The van der Waals surface area contributed by atoms with E-state index in [2.05, 4.69) is 141 Å². The highest BCUT2D eigenvalue weighted by atomic mass is 14.4. The molecule has 5 aromatic carbocycles. The molecule has 0 heteroatoms. The molecule has 5 aromatic rings. The van der Waals surface area contributed by atoms with E-state index < -0.39 is 0 Å². The third-order valence-electron chi connectivity index (χ3n) is 9.34. The largest absolute Gasteiger partial charge is 0.0625 e. The summed E-state index contributed by atoms with van der Waals surface area (Å²) in [5, 5.41) is 2.87. The van der Waals surface area contributed by atoms with Crippen molar-refractivity contribution in [3.63, 3.8) is 0 Å². The van der Waals surface area contributed by atoms with Crippen LogP contribution >= 0.6 is 0 Å². The molecule has 0 fully saturated rings. The van der Waals surface area contributed by atoms with Crippen LogP contribution in [0.5, 0.6) is 0 Å². The van der Waals surface area contributed by atoms with E-state index in [0.29, 0.717) is 11.8 Å². The van der Waals surface area contributed by atoms with Crippen molar-refractivity contribution < 1.29 is 0 Å². The zero-order valence-electron chi connectivity index (χ0n) is 27.1. The normalized spacial score (nSPS) is 16.0. The monoisotopic (exact) mass is 550 g/mol. The minimum Gasteiger partial charge on any atom is -0.0625 e. The van der Waals surface area contributed by atoms with Crippen molar-refractivity contribution in [3.05, 3.63) is 129 Å². The maximum atomic E-state index is 2.51. The van der Waals surface area contributed by atoms with Gasteiger partial charge in [-0.3, -0.25) is 0 Å². The average Bonchev–Trinajstić information content (AvgIpc) is 3.16. The summed E-state index contributed by atoms with van der Waals surface area (Å²) in [6.07, 6.45) is 2.19. The first kappa shape index (κ1) is 28.5. The van der Waals surface area contributed by atoms with Gasteiger partial charge in [-0.25, -0.2) is 0 Å². The summed E-state index contributed by atoms with van der Waals surface area (Å²) in [5.41, 5.74) is 17.7. The summed E-state index contributed by atoms with van der Waals surface area (Å²) in [5.74, 6) is 1.22. The van der Waals surface area contributed by atoms with Crippen LogP contribution in [0.3, 0.4) is 0 Å². The van der Waals surface area contributed by atoms with Crippen LogP contribution in [0.1, 0.15) is 84.7 Å². The summed E-state index contributed by atoms with van der Waals surface area (Å²) in [6.45, 7) is 20.7. The summed E-state index contributed by atoms with van der Waals surface area (Å²) in [6, 6.07) is 31.2. The molecule has 0 nitrogen and oxygen atoms in total. The Morgan fingerprint density at radius 1 is 0.500 bits per heavy atom. The van der Waals surface area contributed by atoms with Gasteiger partial charge in [0, 0.05) is 5.41 Å². The Morgan fingerprint density at radius 3 is 1.69 bits per heavy atom. The fraction of sp³-hybridized carbons (Fsp3) is 0.333. The highest BCUT2D eigenvalue weighted by molar-refractivity contribution is 5.94. The van der Waals surface area contributed by atoms with E-state index in [-0.39, 0.29) is 5.41 Å². The van der Waals surface area contributed by atoms with E-state index in [4.69, 9.17) is 0 Å². The van der Waals surface area contributed by atoms with Gasteiger partial charge in [0.15, 0.2) is 0 Å². The first-order chi connectivity index (χ1) is 19.9. The Hall–Kier alpha value is -3.64. The fourth-order valence-electron chi connectivity index (χ4n) is 7.55. The van der Waals surface area contributed by atoms with Gasteiger partial charge >= 0.3 is 0 Å². The maximum absolute atomic E-state index is 2.51. The van der Waals surface area contributed by atoms with Crippen LogP contribution in [0.4, 0.5) is 0 Å². The molecule has 0 radical (unpaired) electrons. The van der Waals surface area contributed by atoms with Crippen LogP contribution in [-0.2, 0) is 18.3 Å². The van der Waals surface area contributed by atoms with Gasteiger partial charge < -0.3 is 0 Å². The highest BCUT2D eigenvalue weighted by Gasteiger charge is 2.41. The zero-order chi connectivity index (χ0) is 29.9. The molecule has 0 saturated heterocycles. The molecule has 1 aliphatic rings. The number of hydrogen-bond acceptors (Lipinski definition) is 0. The second kappa shape index (κ2) is 10.6. The van der Waals surface area contributed by atoms with E-state index in [1.165, 1.54) is 83.1 Å². The number of aryl methyl sites for hydroxylation is 4. The summed E-state index contributed by atoms with van der Waals surface area (Å²) in [4.78, 5) is 0. The Bertz CT molecular complexity index is 1810. The molecule has 0 saturated carbocycles. The smallest absolute Gasteiger partial charge is 0.0436 e. The van der Waals surface area contributed by atoms with Crippen molar-refractivity contribution >= 4 is 10.8 Å². The molecule has 1 atom stereocenters. The third-order valence-corrected chi connectivity index (χ3v) is 9.34. The van der Waals surface area contributed by atoms with Crippen molar-refractivity contribution in [1.29, 1.82) is 0 Å². The molecule has 0 aliphatic heterocycles. The van der Waals surface area contributed by atoms with Crippen LogP contribution in [-0.4, -0.2) is 0 Å². The van der Waals surface area contributed by atoms with E-state index in [9.17, 15) is 0 Å². The van der Waals surface area contributed by atoms with E-state index in [1.807, 2.05) is 0 Å². The predicted octanol–water partition coefficient (Wildman–Crippen LogP) is 11.5. The van der Waals surface area contributed by atoms with Gasteiger partial charge in [0.1, 0.15) is 0 Å². The van der Waals surface area contributed by atoms with Gasteiger partial charge in [0.25, 0.3) is 0 Å². The van der Waals surface area contributed by atoms with E-state index >= 15 is 0 Å². The second-order valence-electron chi connectivity index (χ2n) is 14.2. The molecular formula is C42H46. The molecule has 0 bridgehead atoms. The van der Waals surface area contributed by atoms with E-state index in [1.54, 1.807) is 0 Å². The van der Waals surface area contributed by atoms with Crippen LogP contribution in [0, 0.1) is 39.5 Å². The van der Waals surface area contributed by atoms with Gasteiger partial charge in [-0.05, 0) is 132 Å². The number of hydrogen-bond donors (Lipinski definition) is 0. The number of rotatable bonds is 6. The van der Waals surface area contributed by atoms with E-state index in [0.717, 1.165) is 12.8 Å². The molecular weight excluding hydrogens is 504 g/mol. The molecule has 1 unspecified atom stereocenters. The van der Waals surface area contributed by atoms with Crippen molar-refractivity contribution in [2.45, 2.75) is 80.6 Å². The molecule has 42 heavy (non-hydrogen) atoms. The maximum Gasteiger partial charge on any atom is 0.0436 e. The molecule has 6 rings (SSSR count). The lowest BCUT2D eigenvalue weighted by atomic mass is 9.73. The number of fused-ring (bicyclic) bond motifs is 4. The minimum atomic E-state index is -0.207. The molecule has 1 aliphatic carbocycles. The van der Waals surface area contributed by atoms with Gasteiger partial charge in [0.05, 0.1) is 0 Å². The highest BCUT2D eigenvalue weighted by Crippen LogP contribution is 2.53. The van der Waals surface area contributed by atoms with Crippen molar-refractivity contribution in [1.82, 2.24) is 0 Å². The van der Waals surface area contributed by atoms with Crippen LogP contribution < -0.4 is 0 Å². The summed E-state index contributed by atoms with van der Waals surface area (Å²) in [7, 11) is 0. The standard InChI is InChI=1S/C42H46/c1-25(2)14-33-17-30(8)20-38-34(15-26(3)4)22-32(23-39(33)38)31-11-13-37-36-12-10-27(5)21-40(36)42(9,41(37)24-31)35-18-28(6)16-29(7)19-35/h10-13,16-26H,14-15H2,1-9H3.